The molecule has 3 heterocycles. The lowest BCUT2D eigenvalue weighted by Gasteiger charge is -2.25. The highest BCUT2D eigenvalue weighted by Crippen LogP contribution is 2.49. The number of anilines is 2. The van der Waals surface area contributed by atoms with Crippen molar-refractivity contribution in [2.75, 3.05) is 78.9 Å². The van der Waals surface area contributed by atoms with Gasteiger partial charge >= 0.3 is 13.8 Å². The fraction of sp³-hybridized carbons (Fsp3) is 0.395. The number of hydrogen-bond acceptors (Lipinski definition) is 24. The molecule has 5 rings (SSSR count). The van der Waals surface area contributed by atoms with Crippen LogP contribution in [0.15, 0.2) is 77.6 Å². The Kier molecular flexibility index (Phi) is 28.0. The predicted octanol–water partition coefficient (Wildman–Crippen LogP) is -3.81. The zero-order valence-corrected chi connectivity index (χ0v) is 43.8. The number of aliphatic hydroxyl groups excluding tert-OH is 1. The smallest absolute Gasteiger partial charge is 0.472 e. The second-order valence-corrected chi connectivity index (χ2v) is 20.1. The normalized spacial score (nSPS) is 18.6. The van der Waals surface area contributed by atoms with Crippen LogP contribution in [0.25, 0.3) is 11.2 Å². The fourth-order valence-corrected chi connectivity index (χ4v) is 7.04. The number of nitrogens with one attached hydrogen (secondary N) is 5. The number of aromatic nitrogens is 4. The van der Waals surface area contributed by atoms with Gasteiger partial charge in [0.15, 0.2) is 11.2 Å². The van der Waals surface area contributed by atoms with Crippen LogP contribution in [0.1, 0.15) is 33.4 Å². The number of imidazole rings is 1. The largest absolute Gasteiger partial charge is 0.756 e. The number of carbonyl (C=O) groups is 3. The third-order valence-corrected chi connectivity index (χ3v) is 12.2. The fourth-order valence-electron chi connectivity index (χ4n) is 5.52. The Bertz CT molecular complexity index is 2750. The summed E-state index contributed by atoms with van der Waals surface area (Å²) in [7, 11) is -14.2. The van der Waals surface area contributed by atoms with Crippen molar-refractivity contribution in [3.05, 3.63) is 94.3 Å². The van der Waals surface area contributed by atoms with E-state index in [1.54, 1.807) is 42.5 Å². The average Bonchev–Trinajstić information content (AvgIpc) is 3.95. The molecule has 2 aromatic heterocycles. The van der Waals surface area contributed by atoms with Gasteiger partial charge in [0.25, 0.3) is 40.8 Å². The van der Waals surface area contributed by atoms with Gasteiger partial charge in [0.05, 0.1) is 25.9 Å². The number of rotatable bonds is 24. The Morgan fingerprint density at radius 3 is 1.93 bits per heavy atom. The number of hydrogen-bond donors (Lipinski definition) is 11. The molecule has 0 radical (unpaired) electrons. The van der Waals surface area contributed by atoms with Crippen molar-refractivity contribution in [3.63, 3.8) is 0 Å². The summed E-state index contributed by atoms with van der Waals surface area (Å²) < 4.78 is 81.6. The Labute approximate surface area is 426 Å². The van der Waals surface area contributed by atoms with Gasteiger partial charge in [0.2, 0.25) is 11.9 Å². The van der Waals surface area contributed by atoms with Crippen molar-refractivity contribution in [1.29, 1.82) is 0 Å². The first-order valence-electron chi connectivity index (χ1n) is 21.1. The van der Waals surface area contributed by atoms with E-state index >= 15 is 0 Å². The van der Waals surface area contributed by atoms with Gasteiger partial charge in [-0.2, -0.15) is 4.98 Å². The number of phosphoric acid groups is 4. The molecule has 0 saturated carbocycles. The molecule has 2 amide bonds. The van der Waals surface area contributed by atoms with E-state index in [1.165, 1.54) is 4.57 Å². The molecular formula is C38H57N11O22P4-2. The molecule has 4 aromatic rings. The molecule has 2 aromatic carbocycles. The zero-order chi connectivity index (χ0) is 56.4. The topological polar surface area (TPSA) is 515 Å². The molecule has 1 saturated heterocycles. The van der Waals surface area contributed by atoms with Gasteiger partial charge in [0, 0.05) is 65.6 Å². The van der Waals surface area contributed by atoms with Crippen LogP contribution in [0.4, 0.5) is 11.9 Å². The van der Waals surface area contributed by atoms with Crippen LogP contribution >= 0.6 is 31.3 Å². The molecule has 1 aliphatic rings. The molecular weight excluding hydrogens is 1090 g/mol. The molecule has 37 heteroatoms. The van der Waals surface area contributed by atoms with Crippen LogP contribution in [-0.2, 0) is 59.5 Å². The zero-order valence-electron chi connectivity index (χ0n) is 40.2. The number of phosphoric ester groups is 4. The second kappa shape index (κ2) is 32.1. The van der Waals surface area contributed by atoms with Crippen molar-refractivity contribution in [2.45, 2.75) is 31.0 Å². The van der Waals surface area contributed by atoms with E-state index in [0.29, 0.717) is 30.5 Å². The maximum atomic E-state index is 12.6. The number of allylic oxidation sites excluding steroid dienone is 1. The van der Waals surface area contributed by atoms with Crippen LogP contribution in [0.3, 0.4) is 0 Å². The van der Waals surface area contributed by atoms with Gasteiger partial charge in [-0.15, -0.1) is 0 Å². The third-order valence-electron chi connectivity index (χ3n) is 8.93. The van der Waals surface area contributed by atoms with E-state index in [2.05, 4.69) is 58.5 Å². The van der Waals surface area contributed by atoms with E-state index in [-0.39, 0.29) is 60.3 Å². The number of amides is 2. The molecule has 0 aliphatic carbocycles. The number of nitrogen functional groups attached to an aromatic ring is 1. The van der Waals surface area contributed by atoms with Crippen LogP contribution < -0.4 is 58.4 Å². The maximum Gasteiger partial charge on any atom is 0.472 e. The Balaban J connectivity index is 0.000000459. The molecule has 14 N–H and O–H groups in total. The lowest BCUT2D eigenvalue weighted by Crippen LogP contribution is -2.79. The molecule has 418 valence electrons. The highest BCUT2D eigenvalue weighted by atomic mass is 31.2. The summed E-state index contributed by atoms with van der Waals surface area (Å²) in [5, 5.41) is 17.4. The SMILES string of the molecule is COP(=O)([O-])O.COP(=O)([O-])OCC(O)C=CC=O.COP(=O)([O-])OC[C@H]1O[C@@H](n2c(NCCNC(=O)c3ccccc3)nc3c(=O)[nH]c(N)nc32)CC1OP(=O)(O)OC.NC(N)=[NH+]CCNC(=O)c1ccccc1. The maximum absolute atomic E-state index is 12.6. The number of aldehydes is 1. The molecule has 0 bridgehead atoms. The molecule has 8 atom stereocenters. The van der Waals surface area contributed by atoms with Gasteiger partial charge < -0.3 is 78.6 Å². The Morgan fingerprint density at radius 2 is 1.43 bits per heavy atom. The predicted molar refractivity (Wildman–Crippen MR) is 257 cm³/mol. The first-order chi connectivity index (χ1) is 35.2. The number of aliphatic hydroxyl groups is 1. The average molecular weight is 1140 g/mol. The first-order valence-corrected chi connectivity index (χ1v) is 27.1. The molecule has 1 fully saturated rings. The number of nitrogens with two attached hydrogens (primary N) is 3. The summed E-state index contributed by atoms with van der Waals surface area (Å²) in [6.07, 6.45) is -2.22. The summed E-state index contributed by atoms with van der Waals surface area (Å²) in [5.74, 6) is -0.389. The standard InChI is InChI=1S/C21H29N7O11P2.C10H14N4O.C6H11O6P.CH5O4P/c1-35-40(31,32)37-11-14-13(39-41(33,34)36-2)10-15(38-14)28-17-16(19(30)27-20(22)26-17)25-21(28)24-9-8-23-18(29)12-6-4-3-5-7-12;11-10(12)14-7-6-13-9(15)8-4-2-1-3-5-8;1-11-13(9,10)12-5-6(8)3-2-4-7;1-5-6(2,3)4/h3-7,13-15H,8-11H2,1-2H3,(H,23,29)(H,24,25)(H,31,32)(H,33,34)(H3,22,26,27,30);1-5H,6-7H2,(H,13,15)(H4,11,12,14);2-4,6,8H,5H2,1H3,(H,9,10);1H3,(H2,2,3,4)/p-2/t13?,14-,15-;;;/m1.../s1. The number of guanidine groups is 1. The second-order valence-electron chi connectivity index (χ2n) is 14.2. The van der Waals surface area contributed by atoms with Gasteiger partial charge in [-0.3, -0.25) is 67.9 Å². The number of aromatic amines is 1. The summed E-state index contributed by atoms with van der Waals surface area (Å²) >= 11 is 0. The van der Waals surface area contributed by atoms with Crippen molar-refractivity contribution in [1.82, 2.24) is 30.2 Å². The number of H-pyrrole nitrogens is 1. The minimum absolute atomic E-state index is 0.00213. The van der Waals surface area contributed by atoms with E-state index in [0.717, 1.165) is 40.6 Å². The summed E-state index contributed by atoms with van der Waals surface area (Å²) in [6, 6.07) is 17.6. The number of fused-ring (bicyclic) bond motifs is 1. The van der Waals surface area contributed by atoms with Crippen molar-refractivity contribution < 1.29 is 104 Å². The number of benzene rings is 2. The van der Waals surface area contributed by atoms with E-state index < -0.39 is 74.6 Å². The van der Waals surface area contributed by atoms with Crippen molar-refractivity contribution in [3.8, 4) is 0 Å². The minimum Gasteiger partial charge on any atom is -0.756 e. The quantitative estimate of drug-likeness (QED) is 0.00800. The van der Waals surface area contributed by atoms with Crippen LogP contribution in [0.5, 0.6) is 0 Å². The highest BCUT2D eigenvalue weighted by Gasteiger charge is 2.43. The van der Waals surface area contributed by atoms with E-state index in [9.17, 15) is 57.0 Å². The molecule has 0 spiro atoms. The lowest BCUT2D eigenvalue weighted by atomic mass is 10.2. The van der Waals surface area contributed by atoms with Gasteiger partial charge in [-0.25, -0.2) is 9.55 Å². The molecule has 1 aliphatic heterocycles. The first kappa shape index (κ1) is 65.5. The van der Waals surface area contributed by atoms with Gasteiger partial charge in [-0.05, 0) is 30.3 Å². The van der Waals surface area contributed by atoms with E-state index in [4.69, 9.17) is 41.0 Å². The monoisotopic (exact) mass is 1140 g/mol. The van der Waals surface area contributed by atoms with Crippen molar-refractivity contribution >= 4 is 78.4 Å². The molecule has 6 unspecified atom stereocenters. The number of carbonyl (C=O) groups excluding carboxylic acids is 3. The van der Waals surface area contributed by atoms with Crippen LogP contribution in [0, 0.1) is 0 Å². The van der Waals surface area contributed by atoms with Crippen LogP contribution in [0.2, 0.25) is 0 Å². The lowest BCUT2D eigenvalue weighted by molar-refractivity contribution is -0.456. The Morgan fingerprint density at radius 1 is 0.880 bits per heavy atom. The number of nitrogens with zero attached hydrogens (tertiary/aromatic N) is 3. The Hall–Kier alpha value is -5.63. The number of ether oxygens (including phenoxy) is 1. The van der Waals surface area contributed by atoms with Gasteiger partial charge in [-0.1, -0.05) is 42.5 Å². The van der Waals surface area contributed by atoms with Gasteiger partial charge in [0.1, 0.15) is 24.7 Å². The summed E-state index contributed by atoms with van der Waals surface area (Å²) in [6.45, 7) is 0.188. The summed E-state index contributed by atoms with van der Waals surface area (Å²) in [4.78, 5) is 109. The minimum atomic E-state index is -4.69. The highest BCUT2D eigenvalue weighted by molar-refractivity contribution is 7.47. The summed E-state index contributed by atoms with van der Waals surface area (Å²) in [5.41, 5.74) is 16.5. The molecule has 75 heavy (non-hydrogen) atoms. The van der Waals surface area contributed by atoms with E-state index in [1.807, 2.05) is 18.2 Å². The molecule has 33 nitrogen and oxygen atoms in total. The van der Waals surface area contributed by atoms with Crippen LogP contribution in [-0.4, -0.2) is 145 Å². The van der Waals surface area contributed by atoms with Crippen molar-refractivity contribution in [2.24, 2.45) is 11.5 Å². The third kappa shape index (κ3) is 25.2.